The number of sulfonamides is 1. The molecule has 0 spiro atoms. The summed E-state index contributed by atoms with van der Waals surface area (Å²) in [6.07, 6.45) is 2.62. The zero-order valence-corrected chi connectivity index (χ0v) is 22.2. The van der Waals surface area contributed by atoms with Crippen LogP contribution in [0, 0.1) is 24.0 Å². The molecule has 0 aliphatic carbocycles. The van der Waals surface area contributed by atoms with Crippen LogP contribution in [0.25, 0.3) is 0 Å². The summed E-state index contributed by atoms with van der Waals surface area (Å²) in [4.78, 5) is 38.5. The molecule has 1 atom stereocenters. The molecule has 0 heterocycles. The Labute approximate surface area is 212 Å². The van der Waals surface area contributed by atoms with Gasteiger partial charge in [-0.25, -0.2) is 8.42 Å². The summed E-state index contributed by atoms with van der Waals surface area (Å²) in [5.74, 6) is -0.949. The molecule has 0 saturated heterocycles. The van der Waals surface area contributed by atoms with Crippen molar-refractivity contribution in [1.29, 1.82) is 0 Å². The van der Waals surface area contributed by atoms with E-state index in [1.54, 1.807) is 13.8 Å². The normalized spacial score (nSPS) is 12.0. The van der Waals surface area contributed by atoms with Crippen LogP contribution in [0.3, 0.4) is 0 Å². The van der Waals surface area contributed by atoms with Gasteiger partial charge >= 0.3 is 0 Å². The fourth-order valence-corrected chi connectivity index (χ4v) is 4.56. The minimum absolute atomic E-state index is 0.0379. The molecular weight excluding hydrogens is 484 g/mol. The third-order valence-corrected chi connectivity index (χ3v) is 7.08. The van der Waals surface area contributed by atoms with Gasteiger partial charge in [-0.3, -0.25) is 24.0 Å². The Hall–Kier alpha value is -3.47. The quantitative estimate of drug-likeness (QED) is 0.261. The second-order valence-corrected chi connectivity index (χ2v) is 10.7. The van der Waals surface area contributed by atoms with Crippen molar-refractivity contribution in [2.75, 3.05) is 23.7 Å². The first kappa shape index (κ1) is 28.8. The number of nitrogens with one attached hydrogen (secondary N) is 1. The van der Waals surface area contributed by atoms with E-state index in [4.69, 9.17) is 0 Å². The van der Waals surface area contributed by atoms with Gasteiger partial charge < -0.3 is 10.2 Å². The van der Waals surface area contributed by atoms with E-state index in [9.17, 15) is 28.1 Å². The summed E-state index contributed by atoms with van der Waals surface area (Å²) in [5, 5.41) is 14.1. The summed E-state index contributed by atoms with van der Waals surface area (Å²) in [7, 11) is -3.99. The predicted octanol–water partition coefficient (Wildman–Crippen LogP) is 3.31. The molecule has 0 fully saturated rings. The first-order chi connectivity index (χ1) is 16.9. The molecule has 0 bridgehead atoms. The number of rotatable bonds is 12. The number of anilines is 1. The lowest BCUT2D eigenvalue weighted by Crippen LogP contribution is -2.51. The zero-order valence-electron chi connectivity index (χ0n) is 21.4. The van der Waals surface area contributed by atoms with Gasteiger partial charge in [0.2, 0.25) is 21.8 Å². The summed E-state index contributed by atoms with van der Waals surface area (Å²) < 4.78 is 26.3. The van der Waals surface area contributed by atoms with Crippen molar-refractivity contribution < 1.29 is 22.9 Å². The van der Waals surface area contributed by atoms with Gasteiger partial charge in [0.1, 0.15) is 12.6 Å². The molecule has 2 aromatic rings. The van der Waals surface area contributed by atoms with E-state index in [2.05, 4.69) is 5.32 Å². The standard InChI is InChI=1S/C25H34N4O6S/c1-6-7-14-26-25(31)20(4)27(16-21-11-9-8-10-18(21)2)24(30)17-28(36(5,34)35)23-15-22(29(32)33)13-12-19(23)3/h8-13,15,20H,6-7,14,16-17H2,1-5H3,(H,26,31). The minimum Gasteiger partial charge on any atom is -0.354 e. The lowest BCUT2D eigenvalue weighted by molar-refractivity contribution is -0.384. The Morgan fingerprint density at radius 3 is 2.36 bits per heavy atom. The number of carbonyl (C=O) groups excluding carboxylic acids is 2. The predicted molar refractivity (Wildman–Crippen MR) is 139 cm³/mol. The van der Waals surface area contributed by atoms with Crippen molar-refractivity contribution in [3.05, 3.63) is 69.3 Å². The van der Waals surface area contributed by atoms with Crippen LogP contribution in [0.5, 0.6) is 0 Å². The number of carbonyl (C=O) groups is 2. The number of benzene rings is 2. The van der Waals surface area contributed by atoms with E-state index in [1.165, 1.54) is 17.0 Å². The van der Waals surface area contributed by atoms with E-state index in [0.717, 1.165) is 40.6 Å². The summed E-state index contributed by atoms with van der Waals surface area (Å²) in [6.45, 7) is 7.04. The highest BCUT2D eigenvalue weighted by Crippen LogP contribution is 2.28. The van der Waals surface area contributed by atoms with Gasteiger partial charge in [0.05, 0.1) is 16.9 Å². The van der Waals surface area contributed by atoms with Gasteiger partial charge in [0.15, 0.2) is 0 Å². The van der Waals surface area contributed by atoms with Crippen LogP contribution >= 0.6 is 0 Å². The molecule has 36 heavy (non-hydrogen) atoms. The van der Waals surface area contributed by atoms with Crippen molar-refractivity contribution in [2.24, 2.45) is 0 Å². The fraction of sp³-hybridized carbons (Fsp3) is 0.440. The SMILES string of the molecule is CCCCNC(=O)C(C)N(Cc1ccccc1C)C(=O)CN(c1cc([N+](=O)[O-])ccc1C)S(C)(=O)=O. The summed E-state index contributed by atoms with van der Waals surface area (Å²) >= 11 is 0. The molecule has 1 N–H and O–H groups in total. The van der Waals surface area contributed by atoms with Crippen LogP contribution in [0.1, 0.15) is 43.4 Å². The number of nitrogens with zero attached hydrogens (tertiary/aromatic N) is 3. The van der Waals surface area contributed by atoms with Gasteiger partial charge in [-0.2, -0.15) is 0 Å². The van der Waals surface area contributed by atoms with Crippen LogP contribution in [0.15, 0.2) is 42.5 Å². The van der Waals surface area contributed by atoms with Gasteiger partial charge in [-0.15, -0.1) is 0 Å². The third kappa shape index (κ3) is 7.51. The van der Waals surface area contributed by atoms with Crippen LogP contribution < -0.4 is 9.62 Å². The first-order valence-corrected chi connectivity index (χ1v) is 13.6. The maximum Gasteiger partial charge on any atom is 0.271 e. The molecule has 11 heteroatoms. The van der Waals surface area contributed by atoms with Gasteiger partial charge in [0.25, 0.3) is 5.69 Å². The van der Waals surface area contributed by atoms with Gasteiger partial charge in [0, 0.05) is 25.2 Å². The van der Waals surface area contributed by atoms with E-state index >= 15 is 0 Å². The number of hydrogen-bond acceptors (Lipinski definition) is 6. The smallest absolute Gasteiger partial charge is 0.271 e. The molecule has 2 amide bonds. The van der Waals surface area contributed by atoms with E-state index < -0.39 is 33.4 Å². The van der Waals surface area contributed by atoms with Gasteiger partial charge in [-0.05, 0) is 43.9 Å². The molecule has 1 unspecified atom stereocenters. The Morgan fingerprint density at radius 1 is 1.11 bits per heavy atom. The van der Waals surface area contributed by atoms with E-state index in [-0.39, 0.29) is 23.8 Å². The average Bonchev–Trinajstić information content (AvgIpc) is 2.81. The van der Waals surface area contributed by atoms with Crippen molar-refractivity contribution in [3.8, 4) is 0 Å². The number of aryl methyl sites for hydroxylation is 2. The van der Waals surface area contributed by atoms with Crippen molar-refractivity contribution in [2.45, 2.75) is 53.1 Å². The Kier molecular flexibility index (Phi) is 9.97. The Bertz CT molecular complexity index is 1210. The maximum atomic E-state index is 13.6. The summed E-state index contributed by atoms with van der Waals surface area (Å²) in [6, 6.07) is 10.4. The van der Waals surface area contributed by atoms with Crippen molar-refractivity contribution >= 4 is 33.2 Å². The molecule has 0 aliphatic heterocycles. The lowest BCUT2D eigenvalue weighted by Gasteiger charge is -2.32. The highest BCUT2D eigenvalue weighted by Gasteiger charge is 2.31. The van der Waals surface area contributed by atoms with Gasteiger partial charge in [-0.1, -0.05) is 43.7 Å². The molecular formula is C25H34N4O6S. The summed E-state index contributed by atoms with van der Waals surface area (Å²) in [5.41, 5.74) is 1.93. The number of hydrogen-bond donors (Lipinski definition) is 1. The number of non-ortho nitro benzene ring substituents is 1. The number of nitro benzene ring substituents is 1. The molecule has 0 saturated carbocycles. The lowest BCUT2D eigenvalue weighted by atomic mass is 10.1. The second kappa shape index (κ2) is 12.5. The Balaban J connectivity index is 2.46. The largest absolute Gasteiger partial charge is 0.354 e. The average molecular weight is 519 g/mol. The molecule has 10 nitrogen and oxygen atoms in total. The molecule has 2 rings (SSSR count). The van der Waals surface area contributed by atoms with Crippen LogP contribution in [-0.4, -0.2) is 55.4 Å². The highest BCUT2D eigenvalue weighted by molar-refractivity contribution is 7.92. The van der Waals surface area contributed by atoms with Crippen LogP contribution in [-0.2, 0) is 26.2 Å². The molecule has 0 aliphatic rings. The van der Waals surface area contributed by atoms with Crippen LogP contribution in [0.4, 0.5) is 11.4 Å². The molecule has 0 aromatic heterocycles. The number of unbranched alkanes of at least 4 members (excludes halogenated alkanes) is 1. The van der Waals surface area contributed by atoms with Crippen LogP contribution in [0.2, 0.25) is 0 Å². The zero-order chi connectivity index (χ0) is 27.0. The number of amides is 2. The maximum absolute atomic E-state index is 13.6. The Morgan fingerprint density at radius 2 is 1.78 bits per heavy atom. The third-order valence-electron chi connectivity index (χ3n) is 5.95. The second-order valence-electron chi connectivity index (χ2n) is 8.77. The first-order valence-electron chi connectivity index (χ1n) is 11.7. The van der Waals surface area contributed by atoms with E-state index in [1.807, 2.05) is 38.1 Å². The highest BCUT2D eigenvalue weighted by atomic mass is 32.2. The van der Waals surface area contributed by atoms with E-state index in [0.29, 0.717) is 12.1 Å². The topological polar surface area (TPSA) is 130 Å². The molecule has 0 radical (unpaired) electrons. The fourth-order valence-electron chi connectivity index (χ4n) is 3.66. The number of nitro groups is 1. The molecule has 196 valence electrons. The minimum atomic E-state index is -3.99. The van der Waals surface area contributed by atoms with Crippen molar-refractivity contribution in [1.82, 2.24) is 10.2 Å². The van der Waals surface area contributed by atoms with Crippen molar-refractivity contribution in [3.63, 3.8) is 0 Å². The monoisotopic (exact) mass is 518 g/mol. The molecule has 2 aromatic carbocycles.